The van der Waals surface area contributed by atoms with Crippen molar-refractivity contribution in [3.63, 3.8) is 0 Å². The molecule has 3 heteroatoms. The first kappa shape index (κ1) is 11.8. The first-order chi connectivity index (χ1) is 8.17. The van der Waals surface area contributed by atoms with Crippen LogP contribution in [0.2, 0.25) is 0 Å². The number of hydrogen-bond donors (Lipinski definition) is 0. The molecule has 2 rings (SSSR count). The second kappa shape index (κ2) is 4.70. The van der Waals surface area contributed by atoms with E-state index >= 15 is 0 Å². The summed E-state index contributed by atoms with van der Waals surface area (Å²) >= 11 is 0. The molecule has 0 saturated carbocycles. The normalized spacial score (nSPS) is 18.7. The Labute approximate surface area is 101 Å². The summed E-state index contributed by atoms with van der Waals surface area (Å²) in [5, 5.41) is 0. The summed E-state index contributed by atoms with van der Waals surface area (Å²) in [6.45, 7) is 2.05. The van der Waals surface area contributed by atoms with Gasteiger partial charge in [-0.15, -0.1) is 0 Å². The Hall–Kier alpha value is -1.64. The molecular formula is C14H16O3. The molecule has 1 atom stereocenters. The number of carbonyl (C=O) groups is 2. The van der Waals surface area contributed by atoms with Crippen LogP contribution in [0.3, 0.4) is 0 Å². The van der Waals surface area contributed by atoms with Crippen molar-refractivity contribution in [3.05, 3.63) is 34.9 Å². The first-order valence-corrected chi connectivity index (χ1v) is 5.91. The van der Waals surface area contributed by atoms with Gasteiger partial charge in [0.25, 0.3) is 0 Å². The van der Waals surface area contributed by atoms with Crippen molar-refractivity contribution < 1.29 is 14.3 Å². The van der Waals surface area contributed by atoms with E-state index in [1.54, 1.807) is 0 Å². The third-order valence-corrected chi connectivity index (χ3v) is 3.35. The third-order valence-electron chi connectivity index (χ3n) is 3.35. The zero-order valence-corrected chi connectivity index (χ0v) is 10.2. The molecule has 0 N–H and O–H groups in total. The van der Waals surface area contributed by atoms with Crippen LogP contribution in [0.5, 0.6) is 0 Å². The van der Waals surface area contributed by atoms with Crippen molar-refractivity contribution in [1.29, 1.82) is 0 Å². The summed E-state index contributed by atoms with van der Waals surface area (Å²) in [7, 11) is 1.33. The summed E-state index contributed by atoms with van der Waals surface area (Å²) < 4.78 is 4.67. The lowest BCUT2D eigenvalue weighted by Crippen LogP contribution is -2.30. The van der Waals surface area contributed by atoms with E-state index in [0.29, 0.717) is 12.0 Å². The first-order valence-electron chi connectivity index (χ1n) is 5.91. The van der Waals surface area contributed by atoms with Crippen molar-refractivity contribution in [2.75, 3.05) is 7.11 Å². The van der Waals surface area contributed by atoms with Crippen LogP contribution in [0.15, 0.2) is 18.2 Å². The molecule has 0 radical (unpaired) electrons. The number of methoxy groups -OCH3 is 1. The van der Waals surface area contributed by atoms with Gasteiger partial charge in [-0.3, -0.25) is 9.59 Å². The molecule has 0 aliphatic heterocycles. The van der Waals surface area contributed by atoms with Crippen LogP contribution < -0.4 is 0 Å². The third kappa shape index (κ3) is 2.09. The smallest absolute Gasteiger partial charge is 0.316 e. The molecule has 1 aliphatic rings. The standard InChI is InChI=1S/C14H16O3/c1-3-9-4-5-10-6-7-11(14(16)17-2)13(15)12(10)8-9/h4-5,8,11H,3,6-7H2,1-2H3. The molecule has 1 aliphatic carbocycles. The molecule has 1 aromatic carbocycles. The molecule has 1 aromatic rings. The van der Waals surface area contributed by atoms with E-state index in [9.17, 15) is 9.59 Å². The molecular weight excluding hydrogens is 216 g/mol. The molecule has 0 saturated heterocycles. The zero-order valence-electron chi connectivity index (χ0n) is 10.2. The van der Waals surface area contributed by atoms with E-state index in [0.717, 1.165) is 24.0 Å². The maximum Gasteiger partial charge on any atom is 0.316 e. The largest absolute Gasteiger partial charge is 0.468 e. The van der Waals surface area contributed by atoms with Crippen molar-refractivity contribution >= 4 is 11.8 Å². The minimum atomic E-state index is -0.611. The molecule has 0 spiro atoms. The van der Waals surface area contributed by atoms with E-state index in [4.69, 9.17) is 0 Å². The molecule has 0 fully saturated rings. The number of esters is 1. The summed E-state index contributed by atoms with van der Waals surface area (Å²) in [5.74, 6) is -1.12. The van der Waals surface area contributed by atoms with Gasteiger partial charge in [-0.1, -0.05) is 19.1 Å². The van der Waals surface area contributed by atoms with Crippen LogP contribution in [0.4, 0.5) is 0 Å². The zero-order chi connectivity index (χ0) is 12.4. The van der Waals surface area contributed by atoms with Crippen molar-refractivity contribution in [2.24, 2.45) is 5.92 Å². The number of ketones is 1. The Morgan fingerprint density at radius 1 is 1.47 bits per heavy atom. The maximum absolute atomic E-state index is 12.2. The lowest BCUT2D eigenvalue weighted by atomic mass is 9.82. The molecule has 90 valence electrons. The van der Waals surface area contributed by atoms with E-state index in [2.05, 4.69) is 4.74 Å². The topological polar surface area (TPSA) is 43.4 Å². The molecule has 0 heterocycles. The number of Topliss-reactive ketones (excluding diaryl/α,β-unsaturated/α-hetero) is 1. The summed E-state index contributed by atoms with van der Waals surface area (Å²) in [6.07, 6.45) is 2.22. The van der Waals surface area contributed by atoms with Crippen molar-refractivity contribution in [2.45, 2.75) is 26.2 Å². The predicted octanol–water partition coefficient (Wildman–Crippen LogP) is 2.17. The lowest BCUT2D eigenvalue weighted by molar-refractivity contribution is -0.143. The van der Waals surface area contributed by atoms with E-state index in [-0.39, 0.29) is 5.78 Å². The van der Waals surface area contributed by atoms with Gasteiger partial charge in [0.1, 0.15) is 5.92 Å². The SMILES string of the molecule is CCc1ccc2c(c1)C(=O)C(C(=O)OC)CC2. The molecule has 0 aromatic heterocycles. The average Bonchev–Trinajstić information content (AvgIpc) is 2.38. The fourth-order valence-corrected chi connectivity index (χ4v) is 2.28. The maximum atomic E-state index is 12.2. The predicted molar refractivity (Wildman–Crippen MR) is 64.0 cm³/mol. The van der Waals surface area contributed by atoms with Gasteiger partial charge in [0, 0.05) is 5.56 Å². The summed E-state index contributed by atoms with van der Waals surface area (Å²) in [6, 6.07) is 5.96. The second-order valence-electron chi connectivity index (χ2n) is 4.32. The van der Waals surface area contributed by atoms with Gasteiger partial charge in [0.2, 0.25) is 0 Å². The number of carbonyl (C=O) groups excluding carboxylic acids is 2. The highest BCUT2D eigenvalue weighted by molar-refractivity contribution is 6.10. The minimum absolute atomic E-state index is 0.0894. The van der Waals surface area contributed by atoms with E-state index < -0.39 is 11.9 Å². The van der Waals surface area contributed by atoms with Gasteiger partial charge in [-0.2, -0.15) is 0 Å². The lowest BCUT2D eigenvalue weighted by Gasteiger charge is -2.21. The highest BCUT2D eigenvalue weighted by atomic mass is 16.5. The number of aryl methyl sites for hydroxylation is 2. The molecule has 3 nitrogen and oxygen atoms in total. The van der Waals surface area contributed by atoms with Crippen LogP contribution in [0.25, 0.3) is 0 Å². The van der Waals surface area contributed by atoms with Crippen LogP contribution in [-0.2, 0) is 22.4 Å². The van der Waals surface area contributed by atoms with Gasteiger partial charge in [0.15, 0.2) is 5.78 Å². The summed E-state index contributed by atoms with van der Waals surface area (Å²) in [4.78, 5) is 23.7. The number of hydrogen-bond acceptors (Lipinski definition) is 3. The minimum Gasteiger partial charge on any atom is -0.468 e. The highest BCUT2D eigenvalue weighted by Crippen LogP contribution is 2.27. The van der Waals surface area contributed by atoms with Gasteiger partial charge in [0.05, 0.1) is 7.11 Å². The molecule has 0 bridgehead atoms. The number of fused-ring (bicyclic) bond motifs is 1. The Kier molecular flexibility index (Phi) is 3.27. The van der Waals surface area contributed by atoms with Crippen molar-refractivity contribution in [1.82, 2.24) is 0 Å². The molecule has 0 amide bonds. The van der Waals surface area contributed by atoms with Gasteiger partial charge in [-0.05, 0) is 36.5 Å². The van der Waals surface area contributed by atoms with Gasteiger partial charge < -0.3 is 4.74 Å². The summed E-state index contributed by atoms with van der Waals surface area (Å²) in [5.41, 5.74) is 2.88. The van der Waals surface area contributed by atoms with Gasteiger partial charge in [-0.25, -0.2) is 0 Å². The second-order valence-corrected chi connectivity index (χ2v) is 4.32. The van der Waals surface area contributed by atoms with Crippen LogP contribution in [0.1, 0.15) is 34.8 Å². The number of rotatable bonds is 2. The Balaban J connectivity index is 2.36. The Morgan fingerprint density at radius 2 is 2.24 bits per heavy atom. The Bertz CT molecular complexity index is 463. The fraction of sp³-hybridized carbons (Fsp3) is 0.429. The van der Waals surface area contributed by atoms with E-state index in [1.165, 1.54) is 7.11 Å². The monoisotopic (exact) mass is 232 g/mol. The number of benzene rings is 1. The molecule has 1 unspecified atom stereocenters. The van der Waals surface area contributed by atoms with Crippen LogP contribution in [0, 0.1) is 5.92 Å². The van der Waals surface area contributed by atoms with E-state index in [1.807, 2.05) is 25.1 Å². The number of ether oxygens (including phenoxy) is 1. The van der Waals surface area contributed by atoms with Crippen LogP contribution in [-0.4, -0.2) is 18.9 Å². The molecule has 17 heavy (non-hydrogen) atoms. The quantitative estimate of drug-likeness (QED) is 0.579. The fourth-order valence-electron chi connectivity index (χ4n) is 2.28. The Morgan fingerprint density at radius 3 is 2.88 bits per heavy atom. The average molecular weight is 232 g/mol. The highest BCUT2D eigenvalue weighted by Gasteiger charge is 2.33. The van der Waals surface area contributed by atoms with Crippen LogP contribution >= 0.6 is 0 Å². The van der Waals surface area contributed by atoms with Gasteiger partial charge >= 0.3 is 5.97 Å². The van der Waals surface area contributed by atoms with Crippen molar-refractivity contribution in [3.8, 4) is 0 Å².